The van der Waals surface area contributed by atoms with Crippen molar-refractivity contribution in [2.45, 2.75) is 25.2 Å². The van der Waals surface area contributed by atoms with Crippen molar-refractivity contribution in [1.29, 1.82) is 0 Å². The van der Waals surface area contributed by atoms with Gasteiger partial charge < -0.3 is 20.4 Å². The molecule has 5 rings (SSSR count). The van der Waals surface area contributed by atoms with Crippen LogP contribution in [0.5, 0.6) is 0 Å². The maximum Gasteiger partial charge on any atom is 0.266 e. The lowest BCUT2D eigenvalue weighted by Gasteiger charge is -2.26. The number of morpholine rings is 1. The number of hydrogen-bond donors (Lipinski definition) is 3. The number of allylic oxidation sites excluding steroid dienone is 1. The van der Waals surface area contributed by atoms with Gasteiger partial charge in [-0.05, 0) is 67.9 Å². The van der Waals surface area contributed by atoms with E-state index in [2.05, 4.69) is 30.5 Å². The van der Waals surface area contributed by atoms with Crippen molar-refractivity contribution in [2.75, 3.05) is 43.5 Å². The van der Waals surface area contributed by atoms with Crippen molar-refractivity contribution in [3.05, 3.63) is 67.1 Å². The number of rotatable bonds is 10. The summed E-state index contributed by atoms with van der Waals surface area (Å²) in [6.45, 7) is 3.87. The molecular formula is C28H30F2N6O2. The Hall–Kier alpha value is -3.89. The maximum atomic E-state index is 14.3. The lowest BCUT2D eigenvalue weighted by molar-refractivity contribution is -0.112. The van der Waals surface area contributed by atoms with Crippen LogP contribution in [0.3, 0.4) is 0 Å². The fourth-order valence-electron chi connectivity index (χ4n) is 4.49. The van der Waals surface area contributed by atoms with Gasteiger partial charge in [-0.1, -0.05) is 0 Å². The Balaban J connectivity index is 1.19. The Morgan fingerprint density at radius 3 is 2.79 bits per heavy atom. The second kappa shape index (κ2) is 11.7. The van der Waals surface area contributed by atoms with Crippen LogP contribution in [0, 0.1) is 0 Å². The summed E-state index contributed by atoms with van der Waals surface area (Å²) in [6, 6.07) is 13.0. The van der Waals surface area contributed by atoms with Gasteiger partial charge in [-0.15, -0.1) is 0 Å². The molecule has 198 valence electrons. The molecule has 10 heteroatoms. The van der Waals surface area contributed by atoms with Crippen molar-refractivity contribution < 1.29 is 18.3 Å². The van der Waals surface area contributed by atoms with E-state index in [-0.39, 0.29) is 6.42 Å². The third kappa shape index (κ3) is 6.70. The van der Waals surface area contributed by atoms with Crippen LogP contribution in [0.4, 0.5) is 26.0 Å². The lowest BCUT2D eigenvalue weighted by atomic mass is 10.1. The smallest absolute Gasteiger partial charge is 0.266 e. The molecule has 0 unspecified atom stereocenters. The molecule has 0 radical (unpaired) electrons. The summed E-state index contributed by atoms with van der Waals surface area (Å²) < 4.78 is 33.9. The highest BCUT2D eigenvalue weighted by Crippen LogP contribution is 2.28. The Morgan fingerprint density at radius 2 is 1.92 bits per heavy atom. The fraction of sp³-hybridized carbons (Fsp3) is 0.321. The molecule has 1 saturated heterocycles. The van der Waals surface area contributed by atoms with Crippen molar-refractivity contribution in [1.82, 2.24) is 19.9 Å². The number of H-pyrrole nitrogens is 1. The largest absolute Gasteiger partial charge is 0.379 e. The predicted molar refractivity (Wildman–Crippen MR) is 145 cm³/mol. The molecule has 0 spiro atoms. The topological polar surface area (TPSA) is 95.2 Å². The molecule has 1 aliphatic heterocycles. The first kappa shape index (κ1) is 25.7. The minimum Gasteiger partial charge on any atom is -0.379 e. The summed E-state index contributed by atoms with van der Waals surface area (Å²) in [6.07, 6.45) is 5.70. The van der Waals surface area contributed by atoms with E-state index in [1.54, 1.807) is 18.2 Å². The van der Waals surface area contributed by atoms with Gasteiger partial charge in [0.15, 0.2) is 0 Å². The second-order valence-electron chi connectivity index (χ2n) is 9.35. The molecule has 1 amide bonds. The van der Waals surface area contributed by atoms with E-state index in [0.717, 1.165) is 42.3 Å². The number of halogens is 2. The molecule has 0 saturated carbocycles. The van der Waals surface area contributed by atoms with Gasteiger partial charge in [-0.25, -0.2) is 18.7 Å². The SMILES string of the molecule is O=C(C=CC(F)(F)CCCCN1CCOCC1)Nc1ccc2ncnc(Nc3ccc4[nH]ccc4c3)c2c1. The van der Waals surface area contributed by atoms with Crippen molar-refractivity contribution >= 4 is 44.9 Å². The summed E-state index contributed by atoms with van der Waals surface area (Å²) >= 11 is 0. The number of anilines is 3. The Labute approximate surface area is 219 Å². The van der Waals surface area contributed by atoms with Crippen LogP contribution in [0.25, 0.3) is 21.8 Å². The minimum atomic E-state index is -3.04. The quantitative estimate of drug-likeness (QED) is 0.189. The van der Waals surface area contributed by atoms with Crippen molar-refractivity contribution in [2.24, 2.45) is 0 Å². The van der Waals surface area contributed by atoms with Gasteiger partial charge in [0.25, 0.3) is 5.92 Å². The number of hydrogen-bond acceptors (Lipinski definition) is 6. The van der Waals surface area contributed by atoms with Crippen molar-refractivity contribution in [3.8, 4) is 0 Å². The first-order chi connectivity index (χ1) is 18.4. The summed E-state index contributed by atoms with van der Waals surface area (Å²) in [5, 5.41) is 7.71. The first-order valence-corrected chi connectivity index (χ1v) is 12.7. The zero-order chi connectivity index (χ0) is 26.4. The number of amides is 1. The molecule has 2 aromatic heterocycles. The number of nitrogens with one attached hydrogen (secondary N) is 3. The molecule has 1 fully saturated rings. The van der Waals surface area contributed by atoms with E-state index >= 15 is 0 Å². The number of aromatic amines is 1. The molecule has 4 aromatic rings. The van der Waals surface area contributed by atoms with Crippen LogP contribution in [-0.4, -0.2) is 64.5 Å². The maximum absolute atomic E-state index is 14.3. The zero-order valence-corrected chi connectivity index (χ0v) is 20.9. The first-order valence-electron chi connectivity index (χ1n) is 12.7. The summed E-state index contributed by atoms with van der Waals surface area (Å²) in [7, 11) is 0. The van der Waals surface area contributed by atoms with E-state index in [0.29, 0.717) is 54.5 Å². The van der Waals surface area contributed by atoms with Gasteiger partial charge in [0.1, 0.15) is 12.1 Å². The number of aromatic nitrogens is 3. The van der Waals surface area contributed by atoms with Gasteiger partial charge in [0.05, 0.1) is 18.7 Å². The third-order valence-corrected chi connectivity index (χ3v) is 6.54. The lowest BCUT2D eigenvalue weighted by Crippen LogP contribution is -2.36. The number of ether oxygens (including phenoxy) is 1. The highest BCUT2D eigenvalue weighted by atomic mass is 19.3. The third-order valence-electron chi connectivity index (χ3n) is 6.54. The van der Waals surface area contributed by atoms with Crippen LogP contribution >= 0.6 is 0 Å². The van der Waals surface area contributed by atoms with E-state index in [1.807, 2.05) is 30.5 Å². The second-order valence-corrected chi connectivity index (χ2v) is 9.35. The minimum absolute atomic E-state index is 0.294. The van der Waals surface area contributed by atoms with E-state index in [4.69, 9.17) is 4.74 Å². The van der Waals surface area contributed by atoms with Crippen LogP contribution in [-0.2, 0) is 9.53 Å². The average Bonchev–Trinajstić information content (AvgIpc) is 3.39. The van der Waals surface area contributed by atoms with E-state index < -0.39 is 11.8 Å². The Morgan fingerprint density at radius 1 is 1.08 bits per heavy atom. The molecule has 8 nitrogen and oxygen atoms in total. The van der Waals surface area contributed by atoms with Gasteiger partial charge in [0, 0.05) is 59.4 Å². The van der Waals surface area contributed by atoms with E-state index in [9.17, 15) is 13.6 Å². The number of unbranched alkanes of at least 4 members (excludes halogenated alkanes) is 1. The molecule has 0 bridgehead atoms. The molecular weight excluding hydrogens is 490 g/mol. The molecule has 2 aromatic carbocycles. The van der Waals surface area contributed by atoms with Crippen LogP contribution in [0.15, 0.2) is 67.1 Å². The highest BCUT2D eigenvalue weighted by Gasteiger charge is 2.24. The Bertz CT molecular complexity index is 1430. The predicted octanol–water partition coefficient (Wildman–Crippen LogP) is 5.49. The van der Waals surface area contributed by atoms with Crippen LogP contribution in [0.2, 0.25) is 0 Å². The molecule has 3 N–H and O–H groups in total. The summed E-state index contributed by atoms with van der Waals surface area (Å²) in [4.78, 5) is 26.4. The monoisotopic (exact) mass is 520 g/mol. The molecule has 3 heterocycles. The summed E-state index contributed by atoms with van der Waals surface area (Å²) in [5.41, 5.74) is 3.02. The number of carbonyl (C=O) groups is 1. The normalized spacial score (nSPS) is 14.9. The molecule has 38 heavy (non-hydrogen) atoms. The van der Waals surface area contributed by atoms with E-state index in [1.165, 1.54) is 6.33 Å². The number of carbonyl (C=O) groups excluding carboxylic acids is 1. The van der Waals surface area contributed by atoms with Crippen molar-refractivity contribution in [3.63, 3.8) is 0 Å². The average molecular weight is 521 g/mol. The number of alkyl halides is 2. The Kier molecular flexibility index (Phi) is 7.90. The molecule has 1 aliphatic rings. The fourth-order valence-corrected chi connectivity index (χ4v) is 4.49. The molecule has 0 aliphatic carbocycles. The number of nitrogens with zero attached hydrogens (tertiary/aromatic N) is 3. The van der Waals surface area contributed by atoms with Crippen LogP contribution < -0.4 is 10.6 Å². The van der Waals surface area contributed by atoms with Gasteiger partial charge in [0.2, 0.25) is 5.91 Å². The highest BCUT2D eigenvalue weighted by molar-refractivity contribution is 6.02. The zero-order valence-electron chi connectivity index (χ0n) is 20.9. The van der Waals surface area contributed by atoms with Gasteiger partial charge >= 0.3 is 0 Å². The molecule has 0 atom stereocenters. The van der Waals surface area contributed by atoms with Gasteiger partial charge in [-0.2, -0.15) is 0 Å². The standard InChI is InChI=1S/C28H30F2N6O2/c29-28(30,9-1-2-12-36-13-15-38-16-14-36)10-7-26(37)34-22-4-6-25-23(18-22)27(33-19-32-25)35-21-3-5-24-20(17-21)8-11-31-24/h3-8,10-11,17-19,31H,1-2,9,12-16H2,(H,34,37)(H,32,33,35). The number of benzene rings is 2. The van der Waals surface area contributed by atoms with Crippen LogP contribution in [0.1, 0.15) is 19.3 Å². The summed E-state index contributed by atoms with van der Waals surface area (Å²) in [5.74, 6) is -3.10. The number of fused-ring (bicyclic) bond motifs is 2. The van der Waals surface area contributed by atoms with Gasteiger partial charge in [-0.3, -0.25) is 9.69 Å².